The third-order valence-corrected chi connectivity index (χ3v) is 3.98. The highest BCUT2D eigenvalue weighted by molar-refractivity contribution is 5.48. The molecule has 3 nitrogen and oxygen atoms in total. The predicted molar refractivity (Wildman–Crippen MR) is 79.1 cm³/mol. The van der Waals surface area contributed by atoms with Crippen molar-refractivity contribution in [3.63, 3.8) is 0 Å². The van der Waals surface area contributed by atoms with Gasteiger partial charge in [0.15, 0.2) is 0 Å². The number of imidazole rings is 1. The summed E-state index contributed by atoms with van der Waals surface area (Å²) < 4.78 is 2.29. The van der Waals surface area contributed by atoms with Gasteiger partial charge in [0.25, 0.3) is 0 Å². The fourth-order valence-corrected chi connectivity index (χ4v) is 2.78. The monoisotopic (exact) mass is 255 g/mol. The van der Waals surface area contributed by atoms with Crippen LogP contribution in [-0.4, -0.2) is 22.6 Å². The third-order valence-electron chi connectivity index (χ3n) is 3.98. The lowest BCUT2D eigenvalue weighted by Crippen LogP contribution is -2.31. The van der Waals surface area contributed by atoms with Crippen molar-refractivity contribution in [1.29, 1.82) is 0 Å². The number of para-hydroxylation sites is 1. The zero-order chi connectivity index (χ0) is 13.2. The Hall–Kier alpha value is -1.77. The van der Waals surface area contributed by atoms with E-state index < -0.39 is 0 Å². The molecular formula is C16H21N3. The number of rotatable bonds is 2. The average molecular weight is 255 g/mol. The Labute approximate surface area is 114 Å². The molecule has 1 saturated heterocycles. The van der Waals surface area contributed by atoms with E-state index in [1.165, 1.54) is 30.6 Å². The van der Waals surface area contributed by atoms with E-state index in [4.69, 9.17) is 4.98 Å². The van der Waals surface area contributed by atoms with Gasteiger partial charge in [-0.25, -0.2) is 4.98 Å². The molecule has 0 radical (unpaired) electrons. The van der Waals surface area contributed by atoms with E-state index in [1.54, 1.807) is 0 Å². The van der Waals surface area contributed by atoms with E-state index in [1.807, 2.05) is 0 Å². The summed E-state index contributed by atoms with van der Waals surface area (Å²) in [5.74, 6) is 1.11. The summed E-state index contributed by atoms with van der Waals surface area (Å²) in [5.41, 5.74) is 3.58. The van der Waals surface area contributed by atoms with Crippen LogP contribution in [0.15, 0.2) is 30.3 Å². The van der Waals surface area contributed by atoms with Gasteiger partial charge in [-0.15, -0.1) is 0 Å². The van der Waals surface area contributed by atoms with Gasteiger partial charge in [-0.2, -0.15) is 0 Å². The number of nitrogens with zero attached hydrogens (tertiary/aromatic N) is 3. The van der Waals surface area contributed by atoms with E-state index in [2.05, 4.69) is 53.6 Å². The topological polar surface area (TPSA) is 21.1 Å². The van der Waals surface area contributed by atoms with Crippen LogP contribution in [0.25, 0.3) is 5.69 Å². The standard InChI is InChI=1S/C16H21N3/c1-13-14(2)19(15-9-5-3-6-10-15)16(17-13)18-11-7-4-8-12-18/h3,5-6,9-10H,4,7-8,11-12H2,1-2H3. The summed E-state index contributed by atoms with van der Waals surface area (Å²) in [5, 5.41) is 0. The molecule has 0 unspecified atom stereocenters. The lowest BCUT2D eigenvalue weighted by Gasteiger charge is -2.28. The van der Waals surface area contributed by atoms with Gasteiger partial charge in [0.2, 0.25) is 5.95 Å². The molecule has 1 aromatic carbocycles. The van der Waals surface area contributed by atoms with Gasteiger partial charge in [0, 0.05) is 24.5 Å². The first kappa shape index (κ1) is 12.3. The minimum absolute atomic E-state index is 1.11. The molecule has 19 heavy (non-hydrogen) atoms. The second kappa shape index (κ2) is 5.08. The van der Waals surface area contributed by atoms with Crippen LogP contribution in [0.2, 0.25) is 0 Å². The number of hydrogen-bond acceptors (Lipinski definition) is 2. The van der Waals surface area contributed by atoms with Gasteiger partial charge in [-0.1, -0.05) is 18.2 Å². The molecule has 0 N–H and O–H groups in total. The normalized spacial score (nSPS) is 15.8. The number of aromatic nitrogens is 2. The maximum atomic E-state index is 4.80. The Bertz CT molecular complexity index is 551. The van der Waals surface area contributed by atoms with Crippen LogP contribution >= 0.6 is 0 Å². The molecule has 0 aliphatic carbocycles. The van der Waals surface area contributed by atoms with Crippen LogP contribution in [0.4, 0.5) is 5.95 Å². The van der Waals surface area contributed by atoms with E-state index in [9.17, 15) is 0 Å². The molecular weight excluding hydrogens is 234 g/mol. The Kier molecular flexibility index (Phi) is 3.28. The van der Waals surface area contributed by atoms with Crippen LogP contribution in [0, 0.1) is 13.8 Å². The lowest BCUT2D eigenvalue weighted by atomic mass is 10.1. The summed E-state index contributed by atoms with van der Waals surface area (Å²) >= 11 is 0. The minimum atomic E-state index is 1.11. The Balaban J connectivity index is 2.07. The lowest BCUT2D eigenvalue weighted by molar-refractivity contribution is 0.565. The molecule has 1 fully saturated rings. The molecule has 0 saturated carbocycles. The first-order chi connectivity index (χ1) is 9.27. The molecule has 2 aromatic rings. The molecule has 0 amide bonds. The van der Waals surface area contributed by atoms with E-state index in [0.29, 0.717) is 0 Å². The highest BCUT2D eigenvalue weighted by Gasteiger charge is 2.20. The molecule has 1 aliphatic rings. The average Bonchev–Trinajstić information content (AvgIpc) is 2.77. The van der Waals surface area contributed by atoms with Gasteiger partial charge in [0.05, 0.1) is 5.69 Å². The van der Waals surface area contributed by atoms with Crippen molar-refractivity contribution >= 4 is 5.95 Å². The first-order valence-corrected chi connectivity index (χ1v) is 7.13. The van der Waals surface area contributed by atoms with Crippen molar-refractivity contribution in [2.45, 2.75) is 33.1 Å². The second-order valence-electron chi connectivity index (χ2n) is 5.30. The number of aryl methyl sites for hydroxylation is 1. The summed E-state index contributed by atoms with van der Waals surface area (Å²) in [6.45, 7) is 6.51. The van der Waals surface area contributed by atoms with E-state index >= 15 is 0 Å². The molecule has 100 valence electrons. The van der Waals surface area contributed by atoms with Crippen LogP contribution in [-0.2, 0) is 0 Å². The summed E-state index contributed by atoms with van der Waals surface area (Å²) in [4.78, 5) is 7.23. The van der Waals surface area contributed by atoms with Crippen LogP contribution in [0.3, 0.4) is 0 Å². The van der Waals surface area contributed by atoms with Gasteiger partial charge in [-0.05, 0) is 45.2 Å². The van der Waals surface area contributed by atoms with Crippen LogP contribution < -0.4 is 4.90 Å². The first-order valence-electron chi connectivity index (χ1n) is 7.13. The van der Waals surface area contributed by atoms with Crippen LogP contribution in [0.5, 0.6) is 0 Å². The van der Waals surface area contributed by atoms with Crippen LogP contribution in [0.1, 0.15) is 30.7 Å². The smallest absolute Gasteiger partial charge is 0.210 e. The second-order valence-corrected chi connectivity index (χ2v) is 5.30. The zero-order valence-corrected chi connectivity index (χ0v) is 11.8. The molecule has 1 aliphatic heterocycles. The van der Waals surface area contributed by atoms with Gasteiger partial charge < -0.3 is 4.90 Å². The minimum Gasteiger partial charge on any atom is -0.342 e. The molecule has 0 atom stereocenters. The van der Waals surface area contributed by atoms with Crippen molar-refractivity contribution in [3.05, 3.63) is 41.7 Å². The highest BCUT2D eigenvalue weighted by atomic mass is 15.3. The fourth-order valence-electron chi connectivity index (χ4n) is 2.78. The fraction of sp³-hybridized carbons (Fsp3) is 0.438. The van der Waals surface area contributed by atoms with Gasteiger partial charge in [-0.3, -0.25) is 4.57 Å². The quantitative estimate of drug-likeness (QED) is 0.819. The number of piperidine rings is 1. The molecule has 0 spiro atoms. The van der Waals surface area contributed by atoms with Crippen molar-refractivity contribution in [1.82, 2.24) is 9.55 Å². The Morgan fingerprint density at radius 2 is 1.63 bits per heavy atom. The predicted octanol–water partition coefficient (Wildman–Crippen LogP) is 3.48. The summed E-state index contributed by atoms with van der Waals surface area (Å²) in [7, 11) is 0. The summed E-state index contributed by atoms with van der Waals surface area (Å²) in [6, 6.07) is 10.5. The Morgan fingerprint density at radius 3 is 2.32 bits per heavy atom. The largest absolute Gasteiger partial charge is 0.342 e. The molecule has 2 heterocycles. The Morgan fingerprint density at radius 1 is 0.947 bits per heavy atom. The maximum Gasteiger partial charge on any atom is 0.210 e. The van der Waals surface area contributed by atoms with E-state index in [-0.39, 0.29) is 0 Å². The number of anilines is 1. The summed E-state index contributed by atoms with van der Waals surface area (Å²) in [6.07, 6.45) is 3.90. The molecule has 1 aromatic heterocycles. The zero-order valence-electron chi connectivity index (χ0n) is 11.8. The maximum absolute atomic E-state index is 4.80. The third kappa shape index (κ3) is 2.25. The van der Waals surface area contributed by atoms with Crippen molar-refractivity contribution in [2.24, 2.45) is 0 Å². The SMILES string of the molecule is Cc1nc(N2CCCCC2)n(-c2ccccc2)c1C. The molecule has 3 heteroatoms. The van der Waals surface area contributed by atoms with E-state index in [0.717, 1.165) is 24.7 Å². The molecule has 0 bridgehead atoms. The number of benzene rings is 1. The molecule has 3 rings (SSSR count). The van der Waals surface area contributed by atoms with Gasteiger partial charge >= 0.3 is 0 Å². The highest BCUT2D eigenvalue weighted by Crippen LogP contribution is 2.26. The van der Waals surface area contributed by atoms with Gasteiger partial charge in [0.1, 0.15) is 0 Å². The van der Waals surface area contributed by atoms with Crippen molar-refractivity contribution < 1.29 is 0 Å². The van der Waals surface area contributed by atoms with Crippen molar-refractivity contribution in [3.8, 4) is 5.69 Å². The number of hydrogen-bond donors (Lipinski definition) is 0. The van der Waals surface area contributed by atoms with Crippen molar-refractivity contribution in [2.75, 3.05) is 18.0 Å².